The molecule has 6 nitrogen and oxygen atoms in total. The first-order valence-electron chi connectivity index (χ1n) is 8.80. The molecule has 0 aliphatic carbocycles. The van der Waals surface area contributed by atoms with Gasteiger partial charge in [-0.05, 0) is 43.9 Å². The zero-order valence-electron chi connectivity index (χ0n) is 16.7. The molecule has 0 saturated heterocycles. The van der Waals surface area contributed by atoms with Gasteiger partial charge in [-0.25, -0.2) is 13.2 Å². The molecule has 0 unspecified atom stereocenters. The van der Waals surface area contributed by atoms with Crippen LogP contribution in [0.4, 0.5) is 5.00 Å². The second-order valence-corrected chi connectivity index (χ2v) is 10.3. The third-order valence-electron chi connectivity index (χ3n) is 4.44. The fourth-order valence-corrected chi connectivity index (χ4v) is 4.61. The molecule has 1 amide bonds. The van der Waals surface area contributed by atoms with Gasteiger partial charge in [-0.15, -0.1) is 11.3 Å². The summed E-state index contributed by atoms with van der Waals surface area (Å²) in [5.74, 6) is -0.910. The first-order chi connectivity index (χ1) is 13.0. The van der Waals surface area contributed by atoms with Crippen LogP contribution in [0, 0.1) is 20.8 Å². The zero-order chi connectivity index (χ0) is 21.1. The Balaban J connectivity index is 2.36. The highest BCUT2D eigenvalue weighted by molar-refractivity contribution is 7.90. The number of rotatable bonds is 7. The highest BCUT2D eigenvalue weighted by Gasteiger charge is 2.25. The van der Waals surface area contributed by atoms with Crippen LogP contribution < -0.4 is 5.32 Å². The van der Waals surface area contributed by atoms with Gasteiger partial charge >= 0.3 is 5.97 Å². The number of hydrogen-bond acceptors (Lipinski definition) is 6. The molecule has 28 heavy (non-hydrogen) atoms. The summed E-state index contributed by atoms with van der Waals surface area (Å²) in [5, 5.41) is 3.17. The number of anilines is 1. The molecule has 0 bridgehead atoms. The predicted molar refractivity (Wildman–Crippen MR) is 113 cm³/mol. The van der Waals surface area contributed by atoms with E-state index < -0.39 is 15.8 Å². The molecular formula is C20H25NO5S2. The number of carbonyl (C=O) groups excluding carboxylic acids is 2. The van der Waals surface area contributed by atoms with Crippen molar-refractivity contribution in [1.29, 1.82) is 0 Å². The summed E-state index contributed by atoms with van der Waals surface area (Å²) in [4.78, 5) is 25.6. The van der Waals surface area contributed by atoms with Crippen molar-refractivity contribution in [3.63, 3.8) is 0 Å². The van der Waals surface area contributed by atoms with Crippen LogP contribution in [0.3, 0.4) is 0 Å². The summed E-state index contributed by atoms with van der Waals surface area (Å²) in [6.45, 7) is 5.91. The van der Waals surface area contributed by atoms with Gasteiger partial charge in [0.2, 0.25) is 5.91 Å². The molecule has 2 aromatic rings. The van der Waals surface area contributed by atoms with Crippen molar-refractivity contribution < 1.29 is 22.7 Å². The van der Waals surface area contributed by atoms with E-state index in [9.17, 15) is 18.0 Å². The Morgan fingerprint density at radius 3 is 2.39 bits per heavy atom. The second-order valence-electron chi connectivity index (χ2n) is 6.81. The number of aryl methyl sites for hydroxylation is 3. The van der Waals surface area contributed by atoms with Gasteiger partial charge in [0.25, 0.3) is 0 Å². The Bertz CT molecular complexity index is 1010. The van der Waals surface area contributed by atoms with Gasteiger partial charge in [0.1, 0.15) is 20.4 Å². The number of ether oxygens (including phenoxy) is 1. The molecule has 0 aliphatic heterocycles. The molecular weight excluding hydrogens is 398 g/mol. The molecule has 1 aromatic heterocycles. The fourth-order valence-electron chi connectivity index (χ4n) is 2.86. The van der Waals surface area contributed by atoms with Gasteiger partial charge in [-0.1, -0.05) is 18.2 Å². The second kappa shape index (κ2) is 8.87. The monoisotopic (exact) mass is 423 g/mol. The fraction of sp³-hybridized carbons (Fsp3) is 0.400. The predicted octanol–water partition coefficient (Wildman–Crippen LogP) is 3.89. The zero-order valence-corrected chi connectivity index (χ0v) is 18.3. The standard InChI is InChI=1S/C20H25NO5S2/c1-12-8-9-15(11-13(12)2)17-14(3)27-19(18(17)20(23)26-4)21-16(22)7-6-10-28(5,24)25/h8-9,11H,6-7,10H2,1-5H3,(H,21,22). The number of amides is 1. The van der Waals surface area contributed by atoms with E-state index in [1.807, 2.05) is 39.0 Å². The lowest BCUT2D eigenvalue weighted by Crippen LogP contribution is -2.15. The van der Waals surface area contributed by atoms with Crippen LogP contribution in [0.2, 0.25) is 0 Å². The molecule has 0 saturated carbocycles. The smallest absolute Gasteiger partial charge is 0.341 e. The van der Waals surface area contributed by atoms with E-state index in [0.717, 1.165) is 33.4 Å². The summed E-state index contributed by atoms with van der Waals surface area (Å²) in [7, 11) is -1.81. The lowest BCUT2D eigenvalue weighted by molar-refractivity contribution is -0.116. The number of nitrogens with one attached hydrogen (secondary N) is 1. The van der Waals surface area contributed by atoms with Crippen LogP contribution in [0.25, 0.3) is 11.1 Å². The summed E-state index contributed by atoms with van der Waals surface area (Å²) < 4.78 is 27.4. The Labute approximate surface area is 169 Å². The molecule has 2 rings (SSSR count). The molecule has 0 radical (unpaired) electrons. The lowest BCUT2D eigenvalue weighted by Gasteiger charge is -2.10. The van der Waals surface area contributed by atoms with Crippen LogP contribution >= 0.6 is 11.3 Å². The molecule has 152 valence electrons. The minimum atomic E-state index is -3.12. The quantitative estimate of drug-likeness (QED) is 0.683. The van der Waals surface area contributed by atoms with Crippen LogP contribution in [0.5, 0.6) is 0 Å². The topological polar surface area (TPSA) is 89.5 Å². The average molecular weight is 424 g/mol. The molecule has 0 atom stereocenters. The molecule has 1 N–H and O–H groups in total. The molecule has 8 heteroatoms. The minimum Gasteiger partial charge on any atom is -0.465 e. The Kier molecular flexibility index (Phi) is 7.01. The van der Waals surface area contributed by atoms with Crippen LogP contribution in [0.15, 0.2) is 18.2 Å². The van der Waals surface area contributed by atoms with Crippen molar-refractivity contribution >= 4 is 38.1 Å². The SMILES string of the molecule is COC(=O)c1c(NC(=O)CCCS(C)(=O)=O)sc(C)c1-c1ccc(C)c(C)c1. The number of benzene rings is 1. The molecule has 0 fully saturated rings. The number of methoxy groups -OCH3 is 1. The maximum absolute atomic E-state index is 12.5. The number of thiophene rings is 1. The Morgan fingerprint density at radius 1 is 1.14 bits per heavy atom. The van der Waals surface area contributed by atoms with Crippen molar-refractivity contribution in [3.05, 3.63) is 39.8 Å². The Morgan fingerprint density at radius 2 is 1.82 bits per heavy atom. The largest absolute Gasteiger partial charge is 0.465 e. The molecule has 0 aliphatic rings. The van der Waals surface area contributed by atoms with Crippen molar-refractivity contribution in [2.45, 2.75) is 33.6 Å². The highest BCUT2D eigenvalue weighted by Crippen LogP contribution is 2.40. The van der Waals surface area contributed by atoms with Crippen LogP contribution in [-0.2, 0) is 19.4 Å². The van der Waals surface area contributed by atoms with E-state index in [-0.39, 0.29) is 24.5 Å². The van der Waals surface area contributed by atoms with Gasteiger partial charge in [0.05, 0.1) is 12.9 Å². The first kappa shape index (κ1) is 22.1. The molecule has 1 heterocycles. The lowest BCUT2D eigenvalue weighted by atomic mass is 9.97. The van der Waals surface area contributed by atoms with E-state index in [2.05, 4.69) is 5.32 Å². The maximum atomic E-state index is 12.5. The molecule has 0 spiro atoms. The van der Waals surface area contributed by atoms with E-state index >= 15 is 0 Å². The van der Waals surface area contributed by atoms with Gasteiger partial charge in [-0.2, -0.15) is 0 Å². The van der Waals surface area contributed by atoms with Crippen LogP contribution in [-0.4, -0.2) is 39.4 Å². The van der Waals surface area contributed by atoms with Crippen molar-refractivity contribution in [2.24, 2.45) is 0 Å². The summed E-state index contributed by atoms with van der Waals surface area (Å²) in [5.41, 5.74) is 4.20. The summed E-state index contributed by atoms with van der Waals surface area (Å²) >= 11 is 1.31. The maximum Gasteiger partial charge on any atom is 0.341 e. The number of sulfone groups is 1. The summed E-state index contributed by atoms with van der Waals surface area (Å²) in [6, 6.07) is 5.95. The van der Waals surface area contributed by atoms with Gasteiger partial charge < -0.3 is 10.1 Å². The highest BCUT2D eigenvalue weighted by atomic mass is 32.2. The number of hydrogen-bond donors (Lipinski definition) is 1. The first-order valence-corrected chi connectivity index (χ1v) is 11.7. The third kappa shape index (κ3) is 5.42. The summed E-state index contributed by atoms with van der Waals surface area (Å²) in [6.07, 6.45) is 1.43. The number of esters is 1. The third-order valence-corrected chi connectivity index (χ3v) is 6.49. The normalized spacial score (nSPS) is 11.3. The minimum absolute atomic E-state index is 0.0539. The van der Waals surface area contributed by atoms with Gasteiger partial charge in [-0.3, -0.25) is 4.79 Å². The van der Waals surface area contributed by atoms with E-state index in [4.69, 9.17) is 4.74 Å². The van der Waals surface area contributed by atoms with Crippen molar-refractivity contribution in [2.75, 3.05) is 24.4 Å². The van der Waals surface area contributed by atoms with Crippen LogP contribution in [0.1, 0.15) is 39.2 Å². The van der Waals surface area contributed by atoms with Gasteiger partial charge in [0.15, 0.2) is 0 Å². The Hall–Kier alpha value is -2.19. The molecule has 1 aromatic carbocycles. The average Bonchev–Trinajstić information content (AvgIpc) is 2.91. The van der Waals surface area contributed by atoms with E-state index in [1.54, 1.807) is 0 Å². The van der Waals surface area contributed by atoms with Crippen molar-refractivity contribution in [1.82, 2.24) is 0 Å². The van der Waals surface area contributed by atoms with Gasteiger partial charge in [0, 0.05) is 23.1 Å². The van der Waals surface area contributed by atoms with Crippen molar-refractivity contribution in [3.8, 4) is 11.1 Å². The van der Waals surface area contributed by atoms with E-state index in [0.29, 0.717) is 10.6 Å². The number of carbonyl (C=O) groups is 2. The van der Waals surface area contributed by atoms with E-state index in [1.165, 1.54) is 18.4 Å².